The van der Waals surface area contributed by atoms with E-state index in [9.17, 15) is 13.2 Å². The van der Waals surface area contributed by atoms with Crippen LogP contribution in [0.15, 0.2) is 6.07 Å². The Hall–Kier alpha value is -1.08. The summed E-state index contributed by atoms with van der Waals surface area (Å²) in [7, 11) is 0. The lowest BCUT2D eigenvalue weighted by Gasteiger charge is -2.22. The van der Waals surface area contributed by atoms with Crippen molar-refractivity contribution in [1.29, 1.82) is 0 Å². The fourth-order valence-electron chi connectivity index (χ4n) is 2.00. The Morgan fingerprint density at radius 2 is 2.06 bits per heavy atom. The van der Waals surface area contributed by atoms with E-state index in [2.05, 4.69) is 5.10 Å². The largest absolute Gasteiger partial charge is 0.435 e. The summed E-state index contributed by atoms with van der Waals surface area (Å²) in [4.78, 5) is 0. The number of alkyl halides is 3. The smallest absolute Gasteiger partial charge is 0.381 e. The number of halogens is 3. The van der Waals surface area contributed by atoms with Gasteiger partial charge in [0.25, 0.3) is 0 Å². The third-order valence-corrected chi connectivity index (χ3v) is 2.88. The van der Waals surface area contributed by atoms with E-state index in [0.717, 1.165) is 10.7 Å². The minimum Gasteiger partial charge on any atom is -0.381 e. The van der Waals surface area contributed by atoms with Crippen LogP contribution in [0.3, 0.4) is 0 Å². The maximum Gasteiger partial charge on any atom is 0.435 e. The molecule has 1 aromatic rings. The van der Waals surface area contributed by atoms with Gasteiger partial charge in [0.1, 0.15) is 6.73 Å². The van der Waals surface area contributed by atoms with E-state index in [-0.39, 0.29) is 5.92 Å². The lowest BCUT2D eigenvalue weighted by Crippen LogP contribution is -2.17. The summed E-state index contributed by atoms with van der Waals surface area (Å²) in [5.74, 6) is -0.0282. The molecule has 7 heteroatoms. The van der Waals surface area contributed by atoms with Gasteiger partial charge in [-0.05, 0) is 18.9 Å². The van der Waals surface area contributed by atoms with Gasteiger partial charge in [-0.3, -0.25) is 0 Å². The maximum atomic E-state index is 12.5. The van der Waals surface area contributed by atoms with Crippen LogP contribution >= 0.6 is 0 Å². The number of ether oxygens (including phenoxy) is 1. The van der Waals surface area contributed by atoms with Crippen molar-refractivity contribution in [2.75, 3.05) is 13.2 Å². The van der Waals surface area contributed by atoms with Crippen LogP contribution in [-0.4, -0.2) is 28.1 Å². The van der Waals surface area contributed by atoms with Crippen molar-refractivity contribution in [3.8, 4) is 0 Å². The van der Waals surface area contributed by atoms with Crippen molar-refractivity contribution in [2.45, 2.75) is 31.7 Å². The monoisotopic (exact) mass is 250 g/mol. The highest BCUT2D eigenvalue weighted by Crippen LogP contribution is 2.33. The van der Waals surface area contributed by atoms with Crippen LogP contribution in [0.2, 0.25) is 0 Å². The van der Waals surface area contributed by atoms with E-state index in [1.807, 2.05) is 0 Å². The molecule has 1 fully saturated rings. The highest BCUT2D eigenvalue weighted by molar-refractivity contribution is 5.17. The van der Waals surface area contributed by atoms with E-state index in [1.165, 1.54) is 0 Å². The third kappa shape index (κ3) is 2.61. The molecule has 0 aromatic carbocycles. The zero-order valence-electron chi connectivity index (χ0n) is 9.07. The van der Waals surface area contributed by atoms with E-state index >= 15 is 0 Å². The first-order valence-electron chi connectivity index (χ1n) is 5.36. The van der Waals surface area contributed by atoms with Gasteiger partial charge >= 0.3 is 6.18 Å². The summed E-state index contributed by atoms with van der Waals surface area (Å²) >= 11 is 0. The van der Waals surface area contributed by atoms with Crippen LogP contribution in [0.5, 0.6) is 0 Å². The topological polar surface area (TPSA) is 47.3 Å². The van der Waals surface area contributed by atoms with Crippen molar-refractivity contribution in [3.63, 3.8) is 0 Å². The van der Waals surface area contributed by atoms with E-state index in [4.69, 9.17) is 9.84 Å². The van der Waals surface area contributed by atoms with Crippen LogP contribution in [0, 0.1) is 0 Å². The van der Waals surface area contributed by atoms with Gasteiger partial charge in [-0.2, -0.15) is 18.3 Å². The van der Waals surface area contributed by atoms with E-state index in [0.29, 0.717) is 31.7 Å². The van der Waals surface area contributed by atoms with Crippen molar-refractivity contribution < 1.29 is 23.0 Å². The number of hydrogen-bond acceptors (Lipinski definition) is 3. The SMILES string of the molecule is OCn1nc(C(F)(F)F)cc1C1CCOCC1. The first-order chi connectivity index (χ1) is 8.02. The first-order valence-corrected chi connectivity index (χ1v) is 5.36. The standard InChI is InChI=1S/C10H13F3N2O2/c11-10(12,13)9-5-8(15(6-16)14-9)7-1-3-17-4-2-7/h5,7,16H,1-4,6H2. The highest BCUT2D eigenvalue weighted by Gasteiger charge is 2.36. The lowest BCUT2D eigenvalue weighted by atomic mass is 9.96. The summed E-state index contributed by atoms with van der Waals surface area (Å²) in [6.07, 6.45) is -3.16. The zero-order chi connectivity index (χ0) is 12.5. The lowest BCUT2D eigenvalue weighted by molar-refractivity contribution is -0.141. The van der Waals surface area contributed by atoms with Crippen LogP contribution in [0.4, 0.5) is 13.2 Å². The van der Waals surface area contributed by atoms with Gasteiger partial charge in [-0.25, -0.2) is 4.68 Å². The van der Waals surface area contributed by atoms with Gasteiger partial charge < -0.3 is 9.84 Å². The molecule has 0 spiro atoms. The highest BCUT2D eigenvalue weighted by atomic mass is 19.4. The second kappa shape index (κ2) is 4.66. The van der Waals surface area contributed by atoms with E-state index in [1.54, 1.807) is 0 Å². The van der Waals surface area contributed by atoms with E-state index < -0.39 is 18.6 Å². The van der Waals surface area contributed by atoms with Crippen molar-refractivity contribution >= 4 is 0 Å². The molecule has 0 aliphatic carbocycles. The summed E-state index contributed by atoms with van der Waals surface area (Å²) in [6.45, 7) is 0.522. The number of aliphatic hydroxyl groups excluding tert-OH is 1. The van der Waals surface area contributed by atoms with Crippen LogP contribution in [-0.2, 0) is 17.6 Å². The summed E-state index contributed by atoms with van der Waals surface area (Å²) in [5.41, 5.74) is -0.517. The quantitative estimate of drug-likeness (QED) is 0.869. The second-order valence-electron chi connectivity index (χ2n) is 3.98. The molecule has 1 saturated heterocycles. The third-order valence-electron chi connectivity index (χ3n) is 2.88. The average Bonchev–Trinajstić information content (AvgIpc) is 2.73. The first kappa shape index (κ1) is 12.4. The number of hydrogen-bond donors (Lipinski definition) is 1. The van der Waals surface area contributed by atoms with Gasteiger partial charge in [-0.1, -0.05) is 0 Å². The Morgan fingerprint density at radius 1 is 1.41 bits per heavy atom. The summed E-state index contributed by atoms with van der Waals surface area (Å²) in [5, 5.41) is 12.4. The molecule has 2 heterocycles. The van der Waals surface area contributed by atoms with Gasteiger partial charge in [0.05, 0.1) is 0 Å². The second-order valence-corrected chi connectivity index (χ2v) is 3.98. The molecule has 0 amide bonds. The predicted octanol–water partition coefficient (Wildman–Crippen LogP) is 1.75. The molecule has 0 atom stereocenters. The Morgan fingerprint density at radius 3 is 2.59 bits per heavy atom. The molecule has 17 heavy (non-hydrogen) atoms. The molecular formula is C10H13F3N2O2. The molecule has 1 aliphatic rings. The summed E-state index contributed by atoms with van der Waals surface area (Å²) < 4.78 is 43.7. The molecule has 0 bridgehead atoms. The number of aromatic nitrogens is 2. The van der Waals surface area contributed by atoms with Gasteiger partial charge in [-0.15, -0.1) is 0 Å². The fourth-order valence-corrected chi connectivity index (χ4v) is 2.00. The number of nitrogens with zero attached hydrogens (tertiary/aromatic N) is 2. The van der Waals surface area contributed by atoms with Crippen molar-refractivity contribution in [3.05, 3.63) is 17.5 Å². The zero-order valence-corrected chi connectivity index (χ0v) is 9.07. The Kier molecular flexibility index (Phi) is 3.39. The number of aliphatic hydroxyl groups is 1. The molecule has 1 aromatic heterocycles. The Balaban J connectivity index is 2.28. The molecule has 96 valence electrons. The van der Waals surface area contributed by atoms with Gasteiger partial charge in [0.2, 0.25) is 0 Å². The van der Waals surface area contributed by atoms with Gasteiger partial charge in [0, 0.05) is 24.8 Å². The van der Waals surface area contributed by atoms with Crippen molar-refractivity contribution in [1.82, 2.24) is 9.78 Å². The molecule has 0 saturated carbocycles. The maximum absolute atomic E-state index is 12.5. The Labute approximate surface area is 96.0 Å². The fraction of sp³-hybridized carbons (Fsp3) is 0.700. The van der Waals surface area contributed by atoms with Crippen LogP contribution < -0.4 is 0 Å². The molecule has 1 aliphatic heterocycles. The molecule has 1 N–H and O–H groups in total. The molecule has 2 rings (SSSR count). The molecule has 0 unspecified atom stereocenters. The minimum atomic E-state index is -4.47. The Bertz CT molecular complexity index is 383. The molecule has 4 nitrogen and oxygen atoms in total. The predicted molar refractivity (Wildman–Crippen MR) is 52.2 cm³/mol. The average molecular weight is 250 g/mol. The van der Waals surface area contributed by atoms with Gasteiger partial charge in [0.15, 0.2) is 5.69 Å². The van der Waals surface area contributed by atoms with Crippen LogP contribution in [0.1, 0.15) is 30.1 Å². The normalized spacial score (nSPS) is 18.6. The number of rotatable bonds is 2. The van der Waals surface area contributed by atoms with Crippen molar-refractivity contribution in [2.24, 2.45) is 0 Å². The van der Waals surface area contributed by atoms with Crippen LogP contribution in [0.25, 0.3) is 0 Å². The molecule has 0 radical (unpaired) electrons. The molecular weight excluding hydrogens is 237 g/mol. The minimum absolute atomic E-state index is 0.0282. The summed E-state index contributed by atoms with van der Waals surface area (Å²) in [6, 6.07) is 1.02.